The van der Waals surface area contributed by atoms with Crippen molar-refractivity contribution in [1.29, 1.82) is 0 Å². The third-order valence-electron chi connectivity index (χ3n) is 3.11. The van der Waals surface area contributed by atoms with Crippen LogP contribution >= 0.6 is 0 Å². The fraction of sp³-hybridized carbons (Fsp3) is 0.818. The number of carboxylic acid groups (broad SMARTS) is 1. The Morgan fingerprint density at radius 2 is 1.88 bits per heavy atom. The smallest absolute Gasteiger partial charge is 0.329 e. The molecular formula is C11H21N3O3. The molecule has 0 aliphatic heterocycles. The molecule has 0 unspecified atom stereocenters. The molecule has 6 heteroatoms. The van der Waals surface area contributed by atoms with Crippen molar-refractivity contribution < 1.29 is 14.7 Å². The van der Waals surface area contributed by atoms with Crippen molar-refractivity contribution in [3.63, 3.8) is 0 Å². The lowest BCUT2D eigenvalue weighted by Crippen LogP contribution is -2.55. The van der Waals surface area contributed by atoms with Crippen molar-refractivity contribution in [2.45, 2.75) is 37.6 Å². The van der Waals surface area contributed by atoms with Gasteiger partial charge in [-0.25, -0.2) is 9.59 Å². The van der Waals surface area contributed by atoms with Gasteiger partial charge in [0, 0.05) is 6.54 Å². The average Bonchev–Trinajstić information content (AvgIpc) is 2.74. The van der Waals surface area contributed by atoms with Crippen LogP contribution in [0.2, 0.25) is 0 Å². The van der Waals surface area contributed by atoms with E-state index >= 15 is 0 Å². The molecule has 17 heavy (non-hydrogen) atoms. The maximum absolute atomic E-state index is 11.6. The van der Waals surface area contributed by atoms with E-state index in [2.05, 4.69) is 16.0 Å². The normalized spacial score (nSPS) is 17.7. The summed E-state index contributed by atoms with van der Waals surface area (Å²) in [6, 6.07) is -0.384. The van der Waals surface area contributed by atoms with Gasteiger partial charge in [0.25, 0.3) is 0 Å². The van der Waals surface area contributed by atoms with E-state index in [0.717, 1.165) is 25.8 Å². The van der Waals surface area contributed by atoms with Gasteiger partial charge in [-0.2, -0.15) is 0 Å². The Morgan fingerprint density at radius 3 is 2.41 bits per heavy atom. The number of rotatable bonds is 6. The van der Waals surface area contributed by atoms with Gasteiger partial charge in [0.05, 0.1) is 0 Å². The first-order valence-corrected chi connectivity index (χ1v) is 6.05. The van der Waals surface area contributed by atoms with Crippen molar-refractivity contribution in [3.05, 3.63) is 0 Å². The molecule has 0 atom stereocenters. The Kier molecular flexibility index (Phi) is 5.21. The van der Waals surface area contributed by atoms with Crippen molar-refractivity contribution in [3.8, 4) is 0 Å². The van der Waals surface area contributed by atoms with E-state index in [1.165, 1.54) is 0 Å². The number of carboxylic acids is 1. The summed E-state index contributed by atoms with van der Waals surface area (Å²) in [4.78, 5) is 22.7. The van der Waals surface area contributed by atoms with Crippen LogP contribution in [0.5, 0.6) is 0 Å². The summed E-state index contributed by atoms with van der Waals surface area (Å²) >= 11 is 0. The van der Waals surface area contributed by atoms with Crippen molar-refractivity contribution in [2.24, 2.45) is 0 Å². The zero-order chi connectivity index (χ0) is 12.7. The lowest BCUT2D eigenvalue weighted by atomic mass is 9.98. The quantitative estimate of drug-likeness (QED) is 0.505. The number of carbonyl (C=O) groups is 2. The van der Waals surface area contributed by atoms with Gasteiger partial charge in [-0.15, -0.1) is 0 Å². The summed E-state index contributed by atoms with van der Waals surface area (Å²) in [5.41, 5.74) is -1.05. The van der Waals surface area contributed by atoms with Gasteiger partial charge in [0.2, 0.25) is 0 Å². The minimum atomic E-state index is -1.05. The lowest BCUT2D eigenvalue weighted by Gasteiger charge is -2.25. The summed E-state index contributed by atoms with van der Waals surface area (Å²) in [6.07, 6.45) is 3.57. The molecule has 0 spiro atoms. The standard InChI is InChI=1S/C11H21N3O3/c1-12-7-4-8-13-10(17)14-11(9(15)16)5-2-3-6-11/h12H,2-8H2,1H3,(H,15,16)(H2,13,14,17). The fourth-order valence-electron chi connectivity index (χ4n) is 2.10. The second-order valence-corrected chi connectivity index (χ2v) is 4.43. The van der Waals surface area contributed by atoms with E-state index in [1.54, 1.807) is 0 Å². The number of aliphatic carboxylic acids is 1. The summed E-state index contributed by atoms with van der Waals surface area (Å²) in [6.45, 7) is 1.37. The number of nitrogens with one attached hydrogen (secondary N) is 3. The molecule has 0 radical (unpaired) electrons. The first kappa shape index (κ1) is 13.8. The summed E-state index contributed by atoms with van der Waals surface area (Å²) in [5.74, 6) is -0.930. The molecule has 0 heterocycles. The molecule has 0 aromatic heterocycles. The molecule has 98 valence electrons. The Balaban J connectivity index is 2.35. The first-order chi connectivity index (χ1) is 8.10. The lowest BCUT2D eigenvalue weighted by molar-refractivity contribution is -0.144. The van der Waals surface area contributed by atoms with E-state index in [-0.39, 0.29) is 6.03 Å². The Morgan fingerprint density at radius 1 is 1.24 bits per heavy atom. The molecule has 0 bridgehead atoms. The van der Waals surface area contributed by atoms with Gasteiger partial charge >= 0.3 is 12.0 Å². The van der Waals surface area contributed by atoms with Crippen molar-refractivity contribution in [1.82, 2.24) is 16.0 Å². The van der Waals surface area contributed by atoms with Gasteiger partial charge in [0.15, 0.2) is 0 Å². The molecule has 1 aliphatic carbocycles. The van der Waals surface area contributed by atoms with E-state index < -0.39 is 11.5 Å². The highest BCUT2D eigenvalue weighted by Crippen LogP contribution is 2.29. The van der Waals surface area contributed by atoms with E-state index in [0.29, 0.717) is 19.4 Å². The summed E-state index contributed by atoms with van der Waals surface area (Å²) in [7, 11) is 1.85. The minimum Gasteiger partial charge on any atom is -0.480 e. The highest BCUT2D eigenvalue weighted by molar-refractivity contribution is 5.86. The highest BCUT2D eigenvalue weighted by atomic mass is 16.4. The van der Waals surface area contributed by atoms with Crippen molar-refractivity contribution >= 4 is 12.0 Å². The predicted molar refractivity (Wildman–Crippen MR) is 63.9 cm³/mol. The molecule has 0 aromatic rings. The van der Waals surface area contributed by atoms with Gasteiger partial charge < -0.3 is 21.1 Å². The minimum absolute atomic E-state index is 0.384. The van der Waals surface area contributed by atoms with Crippen LogP contribution in [0.3, 0.4) is 0 Å². The van der Waals surface area contributed by atoms with Gasteiger partial charge in [-0.05, 0) is 32.9 Å². The van der Waals surface area contributed by atoms with Crippen LogP contribution < -0.4 is 16.0 Å². The van der Waals surface area contributed by atoms with Crippen LogP contribution in [0.4, 0.5) is 4.79 Å². The summed E-state index contributed by atoms with van der Waals surface area (Å²) < 4.78 is 0. The first-order valence-electron chi connectivity index (χ1n) is 6.05. The monoisotopic (exact) mass is 243 g/mol. The van der Waals surface area contributed by atoms with E-state index in [4.69, 9.17) is 5.11 Å². The molecule has 4 N–H and O–H groups in total. The summed E-state index contributed by atoms with van der Waals surface area (Å²) in [5, 5.41) is 17.4. The number of amides is 2. The Bertz CT molecular complexity index is 275. The topological polar surface area (TPSA) is 90.5 Å². The van der Waals surface area contributed by atoms with Crippen LogP contribution in [0.1, 0.15) is 32.1 Å². The van der Waals surface area contributed by atoms with Crippen molar-refractivity contribution in [2.75, 3.05) is 20.1 Å². The number of urea groups is 1. The zero-order valence-electron chi connectivity index (χ0n) is 10.2. The SMILES string of the molecule is CNCCCNC(=O)NC1(C(=O)O)CCCC1. The number of hydrogen-bond acceptors (Lipinski definition) is 3. The van der Waals surface area contributed by atoms with Crippen LogP contribution in [0.15, 0.2) is 0 Å². The zero-order valence-corrected chi connectivity index (χ0v) is 10.2. The molecule has 0 aromatic carbocycles. The fourth-order valence-corrected chi connectivity index (χ4v) is 2.10. The van der Waals surface area contributed by atoms with Crippen LogP contribution in [0.25, 0.3) is 0 Å². The van der Waals surface area contributed by atoms with Gasteiger partial charge in [0.1, 0.15) is 5.54 Å². The van der Waals surface area contributed by atoms with E-state index in [9.17, 15) is 9.59 Å². The second kappa shape index (κ2) is 6.44. The molecule has 2 amide bonds. The molecule has 1 fully saturated rings. The van der Waals surface area contributed by atoms with Crippen LogP contribution in [-0.2, 0) is 4.79 Å². The Labute approximate surface area is 101 Å². The number of hydrogen-bond donors (Lipinski definition) is 4. The molecule has 1 saturated carbocycles. The predicted octanol–water partition coefficient (Wildman–Crippen LogP) is 0.293. The third-order valence-corrected chi connectivity index (χ3v) is 3.11. The third kappa shape index (κ3) is 3.89. The van der Waals surface area contributed by atoms with Crippen LogP contribution in [0, 0.1) is 0 Å². The molecular weight excluding hydrogens is 222 g/mol. The molecule has 1 aliphatic rings. The Hall–Kier alpha value is -1.30. The average molecular weight is 243 g/mol. The van der Waals surface area contributed by atoms with Crippen LogP contribution in [-0.4, -0.2) is 42.8 Å². The largest absolute Gasteiger partial charge is 0.480 e. The van der Waals surface area contributed by atoms with E-state index in [1.807, 2.05) is 7.05 Å². The molecule has 0 saturated heterocycles. The molecule has 6 nitrogen and oxygen atoms in total. The number of carbonyl (C=O) groups excluding carboxylic acids is 1. The highest BCUT2D eigenvalue weighted by Gasteiger charge is 2.42. The second-order valence-electron chi connectivity index (χ2n) is 4.43. The van der Waals surface area contributed by atoms with Gasteiger partial charge in [-0.1, -0.05) is 12.8 Å². The molecule has 1 rings (SSSR count). The maximum atomic E-state index is 11.6. The van der Waals surface area contributed by atoms with Gasteiger partial charge in [-0.3, -0.25) is 0 Å². The maximum Gasteiger partial charge on any atom is 0.329 e.